The molecule has 0 radical (unpaired) electrons. The van der Waals surface area contributed by atoms with Gasteiger partial charge in [-0.2, -0.15) is 0 Å². The topological polar surface area (TPSA) is 136 Å². The van der Waals surface area contributed by atoms with Gasteiger partial charge in [0.2, 0.25) is 5.82 Å². The minimum atomic E-state index is -4.02. The molecular weight excluding hydrogens is 406 g/mol. The van der Waals surface area contributed by atoms with Crippen molar-refractivity contribution in [3.05, 3.63) is 28.4 Å². The first-order valence-corrected chi connectivity index (χ1v) is 11.3. The Kier molecular flexibility index (Phi) is 5.73. The maximum Gasteiger partial charge on any atom is 0.258 e. The van der Waals surface area contributed by atoms with E-state index in [1.807, 2.05) is 0 Å². The first kappa shape index (κ1) is 20.3. The molecule has 0 fully saturated rings. The maximum atomic E-state index is 12.5. The van der Waals surface area contributed by atoms with Crippen molar-refractivity contribution in [2.45, 2.75) is 30.1 Å². The summed E-state index contributed by atoms with van der Waals surface area (Å²) < 4.78 is 53.5. The van der Waals surface area contributed by atoms with Gasteiger partial charge in [-0.1, -0.05) is 23.7 Å². The van der Waals surface area contributed by atoms with Crippen LogP contribution in [0.5, 0.6) is 0 Å². The average Bonchev–Trinajstić information content (AvgIpc) is 2.90. The third-order valence-corrected chi connectivity index (χ3v) is 7.14. The van der Waals surface area contributed by atoms with Gasteiger partial charge in [-0.05, 0) is 30.6 Å². The van der Waals surface area contributed by atoms with Gasteiger partial charge in [-0.15, -0.1) is 0 Å². The molecule has 0 aliphatic carbocycles. The number of halogens is 1. The molecule has 0 atom stereocenters. The lowest BCUT2D eigenvalue weighted by Gasteiger charge is -2.14. The van der Waals surface area contributed by atoms with Crippen LogP contribution in [0.3, 0.4) is 0 Å². The molecule has 1 aromatic carbocycles. The first-order valence-electron chi connectivity index (χ1n) is 7.35. The Morgan fingerprint density at radius 3 is 2.38 bits per heavy atom. The van der Waals surface area contributed by atoms with Crippen molar-refractivity contribution < 1.29 is 26.3 Å². The lowest BCUT2D eigenvalue weighted by molar-refractivity contribution is 0.102. The second kappa shape index (κ2) is 7.33. The molecule has 1 amide bonds. The van der Waals surface area contributed by atoms with Gasteiger partial charge >= 0.3 is 0 Å². The number of hydrogen-bond acceptors (Lipinski definition) is 8. The Balaban J connectivity index is 2.64. The number of nitrogens with one attached hydrogen (secondary N) is 1. The Hall–Kier alpha value is -1.98. The normalized spacial score (nSPS) is 12.2. The van der Waals surface area contributed by atoms with Crippen molar-refractivity contribution in [2.24, 2.45) is 0 Å². The van der Waals surface area contributed by atoms with Crippen LogP contribution in [0.4, 0.5) is 5.82 Å². The molecule has 0 saturated carbocycles. The van der Waals surface area contributed by atoms with Gasteiger partial charge in [-0.3, -0.25) is 4.79 Å². The van der Waals surface area contributed by atoms with Gasteiger partial charge in [0.15, 0.2) is 19.7 Å². The Morgan fingerprint density at radius 1 is 1.23 bits per heavy atom. The van der Waals surface area contributed by atoms with Crippen LogP contribution in [0.2, 0.25) is 5.02 Å². The number of carbonyl (C=O) groups is 1. The molecule has 2 rings (SSSR count). The molecule has 0 unspecified atom stereocenters. The van der Waals surface area contributed by atoms with Crippen molar-refractivity contribution in [3.8, 4) is 0 Å². The molecule has 0 spiro atoms. The highest BCUT2D eigenvalue weighted by Gasteiger charge is 2.30. The summed E-state index contributed by atoms with van der Waals surface area (Å²) in [5, 5.41) is 8.91. The van der Waals surface area contributed by atoms with Gasteiger partial charge < -0.3 is 5.32 Å². The summed E-state index contributed by atoms with van der Waals surface area (Å²) in [7, 11) is -7.91. The van der Waals surface area contributed by atoms with Crippen molar-refractivity contribution in [3.63, 3.8) is 0 Å². The van der Waals surface area contributed by atoms with Crippen LogP contribution in [0.15, 0.2) is 26.6 Å². The monoisotopic (exact) mass is 421 g/mol. The molecule has 1 N–H and O–H groups in total. The molecule has 0 aliphatic heterocycles. The zero-order chi connectivity index (χ0) is 19.7. The fourth-order valence-corrected chi connectivity index (χ4v) is 5.93. The largest absolute Gasteiger partial charge is 0.302 e. The van der Waals surface area contributed by atoms with Crippen LogP contribution in [0.1, 0.15) is 29.4 Å². The van der Waals surface area contributed by atoms with Crippen molar-refractivity contribution in [2.75, 3.05) is 17.3 Å². The molecule has 26 heavy (non-hydrogen) atoms. The van der Waals surface area contributed by atoms with E-state index in [2.05, 4.69) is 20.3 Å². The molecular formula is C14H16ClN3O6S2. The highest BCUT2D eigenvalue weighted by atomic mass is 35.5. The number of amides is 1. The summed E-state index contributed by atoms with van der Waals surface area (Å²) in [5.41, 5.74) is 0.0946. The predicted molar refractivity (Wildman–Crippen MR) is 93.9 cm³/mol. The van der Waals surface area contributed by atoms with E-state index >= 15 is 0 Å². The second-order valence-electron chi connectivity index (χ2n) is 5.50. The van der Waals surface area contributed by atoms with Crippen molar-refractivity contribution >= 4 is 43.0 Å². The summed E-state index contributed by atoms with van der Waals surface area (Å²) in [6, 6.07) is 2.19. The second-order valence-corrected chi connectivity index (χ2v) is 9.91. The summed E-state index contributed by atoms with van der Waals surface area (Å²) >= 11 is 6.15. The minimum Gasteiger partial charge on any atom is -0.302 e. The van der Waals surface area contributed by atoms with E-state index in [-0.39, 0.29) is 23.6 Å². The van der Waals surface area contributed by atoms with Crippen LogP contribution in [0.25, 0.3) is 0 Å². The fourth-order valence-electron chi connectivity index (χ4n) is 2.19. The van der Waals surface area contributed by atoms with Gasteiger partial charge in [0, 0.05) is 6.26 Å². The lowest BCUT2D eigenvalue weighted by atomic mass is 10.2. The van der Waals surface area contributed by atoms with E-state index in [1.54, 1.807) is 6.92 Å². The number of aryl methyl sites for hydroxylation is 1. The standard InChI is InChI=1S/C14H16ClN3O6S2/c1-4-7-26(22,23)12-10(25(3,20)21)6-5-9(11(12)15)14(19)16-13-8(2)17-24-18-13/h5-6H,4,7H2,1-3H3,(H,16,18,19). The average molecular weight is 422 g/mol. The van der Waals surface area contributed by atoms with Crippen LogP contribution in [0, 0.1) is 6.92 Å². The Morgan fingerprint density at radius 2 is 1.88 bits per heavy atom. The van der Waals surface area contributed by atoms with E-state index in [4.69, 9.17) is 11.6 Å². The summed E-state index contributed by atoms with van der Waals surface area (Å²) in [4.78, 5) is 11.4. The predicted octanol–water partition coefficient (Wildman–Crippen LogP) is 1.87. The van der Waals surface area contributed by atoms with E-state index in [9.17, 15) is 21.6 Å². The molecule has 12 heteroatoms. The maximum absolute atomic E-state index is 12.5. The summed E-state index contributed by atoms with van der Waals surface area (Å²) in [6.45, 7) is 3.17. The number of nitrogens with zero attached hydrogens (tertiary/aromatic N) is 2. The van der Waals surface area contributed by atoms with Gasteiger partial charge in [0.1, 0.15) is 10.6 Å². The van der Waals surface area contributed by atoms with Crippen molar-refractivity contribution in [1.29, 1.82) is 0 Å². The molecule has 0 aliphatic rings. The van der Waals surface area contributed by atoms with Crippen molar-refractivity contribution in [1.82, 2.24) is 10.3 Å². The molecule has 9 nitrogen and oxygen atoms in total. The van der Waals surface area contributed by atoms with Gasteiger partial charge in [-0.25, -0.2) is 21.5 Å². The van der Waals surface area contributed by atoms with E-state index in [1.165, 1.54) is 6.92 Å². The smallest absolute Gasteiger partial charge is 0.258 e. The van der Waals surface area contributed by atoms with E-state index in [0.29, 0.717) is 5.69 Å². The van der Waals surface area contributed by atoms with Crippen LogP contribution >= 0.6 is 11.6 Å². The summed E-state index contributed by atoms with van der Waals surface area (Å²) in [6.07, 6.45) is 1.12. The third-order valence-electron chi connectivity index (χ3n) is 3.37. The number of benzene rings is 1. The van der Waals surface area contributed by atoms with E-state index in [0.717, 1.165) is 18.4 Å². The Labute approximate surface area is 155 Å². The van der Waals surface area contributed by atoms with E-state index < -0.39 is 40.4 Å². The van der Waals surface area contributed by atoms with Gasteiger partial charge in [0.25, 0.3) is 5.91 Å². The number of anilines is 1. The molecule has 2 aromatic rings. The Bertz CT molecular complexity index is 1060. The highest BCUT2D eigenvalue weighted by Crippen LogP contribution is 2.33. The zero-order valence-corrected chi connectivity index (χ0v) is 16.5. The SMILES string of the molecule is CCCS(=O)(=O)c1c(S(C)(=O)=O)ccc(C(=O)Nc2nonc2C)c1Cl. The molecule has 142 valence electrons. The zero-order valence-electron chi connectivity index (χ0n) is 14.1. The number of hydrogen-bond donors (Lipinski definition) is 1. The minimum absolute atomic E-state index is 0.0382. The summed E-state index contributed by atoms with van der Waals surface area (Å²) in [5.74, 6) is -1.05. The quantitative estimate of drug-likeness (QED) is 0.746. The van der Waals surface area contributed by atoms with Crippen LogP contribution in [-0.2, 0) is 19.7 Å². The number of aromatic nitrogens is 2. The molecule has 1 aromatic heterocycles. The molecule has 0 bridgehead atoms. The lowest BCUT2D eigenvalue weighted by Crippen LogP contribution is -2.18. The van der Waals surface area contributed by atoms with Crippen LogP contribution < -0.4 is 5.32 Å². The third kappa shape index (κ3) is 4.05. The van der Waals surface area contributed by atoms with Crippen LogP contribution in [-0.4, -0.2) is 45.1 Å². The number of rotatable bonds is 6. The highest BCUT2D eigenvalue weighted by molar-refractivity contribution is 7.94. The fraction of sp³-hybridized carbons (Fsp3) is 0.357. The molecule has 1 heterocycles. The first-order chi connectivity index (χ1) is 12.0. The number of carbonyl (C=O) groups excluding carboxylic acids is 1. The molecule has 0 saturated heterocycles. The number of sulfone groups is 2. The van der Waals surface area contributed by atoms with Gasteiger partial charge in [0.05, 0.1) is 21.2 Å².